The van der Waals surface area contributed by atoms with E-state index in [9.17, 15) is 4.79 Å². The van der Waals surface area contributed by atoms with Crippen molar-refractivity contribution in [3.05, 3.63) is 83.2 Å². The summed E-state index contributed by atoms with van der Waals surface area (Å²) in [5.74, 6) is 2.59. The van der Waals surface area contributed by atoms with Crippen LogP contribution in [0.25, 0.3) is 6.08 Å². The van der Waals surface area contributed by atoms with Crippen LogP contribution in [0.15, 0.2) is 76.2 Å². The largest absolute Gasteiger partial charge is 0.493 e. The molecular formula is C24H21NO5S2. The van der Waals surface area contributed by atoms with E-state index in [-0.39, 0.29) is 5.91 Å². The zero-order valence-electron chi connectivity index (χ0n) is 17.4. The smallest absolute Gasteiger partial charge is 0.266 e. The van der Waals surface area contributed by atoms with E-state index in [1.807, 2.05) is 60.7 Å². The Hall–Kier alpha value is -3.23. The standard InChI is InChI=1S/C24H21NO5S2/c1-27-20-9-2-3-10-21(20)30-13-12-29-18-7-4-6-17(14-18)15-22-23(26)25(24(31)32-22)16-19-8-5-11-28-19/h2-11,14-15H,12-13,16H2,1H3/b22-15-. The normalized spacial score (nSPS) is 14.8. The number of amides is 1. The zero-order valence-corrected chi connectivity index (χ0v) is 19.0. The highest BCUT2D eigenvalue weighted by atomic mass is 32.2. The highest BCUT2D eigenvalue weighted by Gasteiger charge is 2.32. The molecule has 32 heavy (non-hydrogen) atoms. The van der Waals surface area contributed by atoms with Crippen molar-refractivity contribution < 1.29 is 23.4 Å². The lowest BCUT2D eigenvalue weighted by molar-refractivity contribution is -0.122. The molecule has 1 amide bonds. The molecule has 0 bridgehead atoms. The molecule has 0 N–H and O–H groups in total. The van der Waals surface area contributed by atoms with Gasteiger partial charge in [0, 0.05) is 0 Å². The molecule has 2 aromatic carbocycles. The number of methoxy groups -OCH3 is 1. The number of furan rings is 1. The van der Waals surface area contributed by atoms with Crippen molar-refractivity contribution in [3.8, 4) is 17.2 Å². The zero-order chi connectivity index (χ0) is 22.3. The predicted molar refractivity (Wildman–Crippen MR) is 128 cm³/mol. The molecule has 1 aliphatic heterocycles. The lowest BCUT2D eigenvalue weighted by atomic mass is 10.2. The second-order valence-corrected chi connectivity index (χ2v) is 8.44. The second-order valence-electron chi connectivity index (χ2n) is 6.77. The maximum absolute atomic E-state index is 12.8. The van der Waals surface area contributed by atoms with E-state index < -0.39 is 0 Å². The van der Waals surface area contributed by atoms with Crippen molar-refractivity contribution in [2.24, 2.45) is 0 Å². The van der Waals surface area contributed by atoms with Crippen molar-refractivity contribution in [1.82, 2.24) is 4.90 Å². The predicted octanol–water partition coefficient (Wildman–Crippen LogP) is 5.15. The fourth-order valence-corrected chi connectivity index (χ4v) is 4.34. The highest BCUT2D eigenvalue weighted by Crippen LogP contribution is 2.34. The van der Waals surface area contributed by atoms with Gasteiger partial charge in [0.2, 0.25) is 0 Å². The van der Waals surface area contributed by atoms with E-state index in [0.29, 0.717) is 52.0 Å². The quantitative estimate of drug-likeness (QED) is 0.245. The molecule has 6 nitrogen and oxygen atoms in total. The van der Waals surface area contributed by atoms with Crippen LogP contribution in [0, 0.1) is 0 Å². The molecule has 4 rings (SSSR count). The Morgan fingerprint density at radius 3 is 2.62 bits per heavy atom. The molecule has 0 spiro atoms. The van der Waals surface area contributed by atoms with E-state index in [4.69, 9.17) is 30.8 Å². The number of benzene rings is 2. The fraction of sp³-hybridized carbons (Fsp3) is 0.167. The summed E-state index contributed by atoms with van der Waals surface area (Å²) < 4.78 is 22.7. The first kappa shape index (κ1) is 22.0. The SMILES string of the molecule is COc1ccccc1OCCOc1cccc(/C=C2\SC(=S)N(Cc3ccco3)C2=O)c1. The minimum Gasteiger partial charge on any atom is -0.493 e. The number of thiocarbonyl (C=S) groups is 1. The molecule has 8 heteroatoms. The maximum atomic E-state index is 12.8. The van der Waals surface area contributed by atoms with Crippen molar-refractivity contribution in [2.75, 3.05) is 20.3 Å². The van der Waals surface area contributed by atoms with Crippen LogP contribution in [-0.2, 0) is 11.3 Å². The van der Waals surface area contributed by atoms with Crippen LogP contribution in [-0.4, -0.2) is 35.5 Å². The number of carbonyl (C=O) groups is 1. The molecule has 164 valence electrons. The Kier molecular flexibility index (Phi) is 7.14. The molecule has 1 fully saturated rings. The molecule has 1 saturated heterocycles. The van der Waals surface area contributed by atoms with Gasteiger partial charge in [0.25, 0.3) is 5.91 Å². The first-order chi connectivity index (χ1) is 15.6. The third-order valence-electron chi connectivity index (χ3n) is 4.60. The fourth-order valence-electron chi connectivity index (χ4n) is 3.09. The highest BCUT2D eigenvalue weighted by molar-refractivity contribution is 8.26. The van der Waals surface area contributed by atoms with Crippen molar-refractivity contribution in [1.29, 1.82) is 0 Å². The van der Waals surface area contributed by atoms with Gasteiger partial charge < -0.3 is 18.6 Å². The molecule has 0 atom stereocenters. The third kappa shape index (κ3) is 5.33. The molecule has 2 heterocycles. The van der Waals surface area contributed by atoms with Crippen LogP contribution >= 0.6 is 24.0 Å². The summed E-state index contributed by atoms with van der Waals surface area (Å²) in [6.45, 7) is 1.06. The number of carbonyl (C=O) groups excluding carboxylic acids is 1. The van der Waals surface area contributed by atoms with Gasteiger partial charge in [-0.2, -0.15) is 0 Å². The Bertz CT molecular complexity index is 1130. The molecular weight excluding hydrogens is 446 g/mol. The number of hydrogen-bond donors (Lipinski definition) is 0. The van der Waals surface area contributed by atoms with Gasteiger partial charge in [-0.15, -0.1) is 0 Å². The van der Waals surface area contributed by atoms with Gasteiger partial charge in [-0.05, 0) is 48.0 Å². The number of nitrogens with zero attached hydrogens (tertiary/aromatic N) is 1. The van der Waals surface area contributed by atoms with E-state index in [1.165, 1.54) is 11.8 Å². The maximum Gasteiger partial charge on any atom is 0.266 e. The second kappa shape index (κ2) is 10.4. The van der Waals surface area contributed by atoms with Crippen molar-refractivity contribution >= 4 is 40.3 Å². The Morgan fingerprint density at radius 2 is 1.84 bits per heavy atom. The molecule has 0 unspecified atom stereocenters. The first-order valence-corrected chi connectivity index (χ1v) is 11.1. The first-order valence-electron chi connectivity index (χ1n) is 9.90. The average molecular weight is 468 g/mol. The summed E-state index contributed by atoms with van der Waals surface area (Å²) in [5, 5.41) is 0. The Balaban J connectivity index is 1.35. The van der Waals surface area contributed by atoms with E-state index in [1.54, 1.807) is 24.3 Å². The molecule has 1 aliphatic rings. The van der Waals surface area contributed by atoms with Gasteiger partial charge in [-0.1, -0.05) is 48.2 Å². The number of hydrogen-bond acceptors (Lipinski definition) is 7. The van der Waals surface area contributed by atoms with Gasteiger partial charge >= 0.3 is 0 Å². The van der Waals surface area contributed by atoms with Crippen LogP contribution in [0.2, 0.25) is 0 Å². The summed E-state index contributed by atoms with van der Waals surface area (Å²) in [6.07, 6.45) is 3.40. The molecule has 3 aromatic rings. The Morgan fingerprint density at radius 1 is 1.03 bits per heavy atom. The minimum atomic E-state index is -0.132. The lowest BCUT2D eigenvalue weighted by Gasteiger charge is -2.12. The van der Waals surface area contributed by atoms with Crippen LogP contribution in [0.3, 0.4) is 0 Å². The average Bonchev–Trinajstić information content (AvgIpc) is 3.41. The Labute approximate surface area is 195 Å². The monoisotopic (exact) mass is 467 g/mol. The van der Waals surface area contributed by atoms with Gasteiger partial charge in [-0.25, -0.2) is 0 Å². The van der Waals surface area contributed by atoms with Gasteiger partial charge in [-0.3, -0.25) is 9.69 Å². The number of ether oxygens (including phenoxy) is 3. The topological polar surface area (TPSA) is 61.1 Å². The summed E-state index contributed by atoms with van der Waals surface area (Å²) in [4.78, 5) is 14.9. The summed E-state index contributed by atoms with van der Waals surface area (Å²) >= 11 is 6.66. The molecule has 0 aliphatic carbocycles. The molecule has 1 aromatic heterocycles. The molecule has 0 radical (unpaired) electrons. The van der Waals surface area contributed by atoms with E-state index in [0.717, 1.165) is 5.56 Å². The third-order valence-corrected chi connectivity index (χ3v) is 5.98. The summed E-state index contributed by atoms with van der Waals surface area (Å²) in [7, 11) is 1.61. The van der Waals surface area contributed by atoms with Crippen molar-refractivity contribution in [2.45, 2.75) is 6.54 Å². The summed E-state index contributed by atoms with van der Waals surface area (Å²) in [6, 6.07) is 18.6. The van der Waals surface area contributed by atoms with Crippen LogP contribution in [0.5, 0.6) is 17.2 Å². The van der Waals surface area contributed by atoms with Crippen molar-refractivity contribution in [3.63, 3.8) is 0 Å². The van der Waals surface area contributed by atoms with Crippen LogP contribution in [0.1, 0.15) is 11.3 Å². The summed E-state index contributed by atoms with van der Waals surface area (Å²) in [5.41, 5.74) is 0.853. The number of thioether (sulfide) groups is 1. The lowest BCUT2D eigenvalue weighted by Crippen LogP contribution is -2.27. The van der Waals surface area contributed by atoms with E-state index in [2.05, 4.69) is 0 Å². The number of rotatable bonds is 9. The van der Waals surface area contributed by atoms with Gasteiger partial charge in [0.1, 0.15) is 29.0 Å². The van der Waals surface area contributed by atoms with Gasteiger partial charge in [0.15, 0.2) is 11.5 Å². The van der Waals surface area contributed by atoms with E-state index >= 15 is 0 Å². The van der Waals surface area contributed by atoms with Crippen LogP contribution < -0.4 is 14.2 Å². The number of para-hydroxylation sites is 2. The van der Waals surface area contributed by atoms with Crippen LogP contribution in [0.4, 0.5) is 0 Å². The van der Waals surface area contributed by atoms with Gasteiger partial charge in [0.05, 0.1) is 24.8 Å². The molecule has 0 saturated carbocycles. The minimum absolute atomic E-state index is 0.132.